The fourth-order valence-corrected chi connectivity index (χ4v) is 3.75. The lowest BCUT2D eigenvalue weighted by Crippen LogP contribution is -2.48. The number of imidazole rings is 1. The number of amides is 1. The van der Waals surface area contributed by atoms with Crippen molar-refractivity contribution in [3.63, 3.8) is 0 Å². The van der Waals surface area contributed by atoms with E-state index in [1.807, 2.05) is 41.7 Å². The summed E-state index contributed by atoms with van der Waals surface area (Å²) < 4.78 is 2.16. The Bertz CT molecular complexity index is 813. The first-order valence-electron chi connectivity index (χ1n) is 10.7. The second kappa shape index (κ2) is 10.8. The molecule has 154 valence electrons. The predicted octanol–water partition coefficient (Wildman–Crippen LogP) is 3.42. The monoisotopic (exact) mass is 393 g/mol. The number of nitriles is 1. The molecule has 1 aliphatic heterocycles. The van der Waals surface area contributed by atoms with E-state index in [1.54, 1.807) is 0 Å². The summed E-state index contributed by atoms with van der Waals surface area (Å²) in [6, 6.07) is 9.84. The molecule has 0 bridgehead atoms. The van der Waals surface area contributed by atoms with E-state index in [-0.39, 0.29) is 0 Å². The van der Waals surface area contributed by atoms with E-state index >= 15 is 0 Å². The number of carbonyl (C=O) groups is 1. The molecule has 0 unspecified atom stereocenters. The maximum absolute atomic E-state index is 12.4. The Morgan fingerprint density at radius 2 is 1.83 bits per heavy atom. The highest BCUT2D eigenvalue weighted by molar-refractivity contribution is 5.76. The van der Waals surface area contributed by atoms with Gasteiger partial charge in [-0.1, -0.05) is 38.3 Å². The molecule has 2 heterocycles. The Morgan fingerprint density at radius 3 is 2.52 bits per heavy atom. The van der Waals surface area contributed by atoms with Crippen LogP contribution >= 0.6 is 0 Å². The third kappa shape index (κ3) is 6.16. The first kappa shape index (κ1) is 21.1. The van der Waals surface area contributed by atoms with Crippen LogP contribution in [0, 0.1) is 11.3 Å². The second-order valence-corrected chi connectivity index (χ2v) is 7.79. The molecule has 1 aliphatic rings. The average molecular weight is 394 g/mol. The predicted molar refractivity (Wildman–Crippen MR) is 113 cm³/mol. The van der Waals surface area contributed by atoms with Crippen LogP contribution in [0.2, 0.25) is 0 Å². The first-order valence-corrected chi connectivity index (χ1v) is 10.7. The average Bonchev–Trinajstić information content (AvgIpc) is 3.18. The maximum Gasteiger partial charge on any atom is 0.222 e. The quantitative estimate of drug-likeness (QED) is 0.613. The van der Waals surface area contributed by atoms with Gasteiger partial charge in [-0.2, -0.15) is 5.26 Å². The summed E-state index contributed by atoms with van der Waals surface area (Å²) in [7, 11) is 0. The molecule has 0 saturated carbocycles. The van der Waals surface area contributed by atoms with Crippen LogP contribution in [0.1, 0.15) is 55.8 Å². The summed E-state index contributed by atoms with van der Waals surface area (Å²) in [5.41, 5.74) is 3.01. The van der Waals surface area contributed by atoms with Crippen molar-refractivity contribution in [2.45, 2.75) is 52.1 Å². The lowest BCUT2D eigenvalue weighted by Gasteiger charge is -2.34. The number of hydrogen-bond acceptors (Lipinski definition) is 4. The van der Waals surface area contributed by atoms with Crippen molar-refractivity contribution in [2.24, 2.45) is 0 Å². The Morgan fingerprint density at radius 1 is 1.07 bits per heavy atom. The van der Waals surface area contributed by atoms with E-state index in [0.29, 0.717) is 17.9 Å². The van der Waals surface area contributed by atoms with E-state index in [2.05, 4.69) is 27.4 Å². The van der Waals surface area contributed by atoms with Crippen LogP contribution in [0.3, 0.4) is 0 Å². The lowest BCUT2D eigenvalue weighted by atomic mass is 10.1. The zero-order valence-electron chi connectivity index (χ0n) is 17.4. The van der Waals surface area contributed by atoms with Crippen LogP contribution in [0.25, 0.3) is 0 Å². The molecule has 0 atom stereocenters. The number of piperazine rings is 1. The third-order valence-corrected chi connectivity index (χ3v) is 5.59. The van der Waals surface area contributed by atoms with Crippen molar-refractivity contribution < 1.29 is 4.79 Å². The molecular formula is C23H31N5O. The fourth-order valence-electron chi connectivity index (χ4n) is 3.75. The van der Waals surface area contributed by atoms with Crippen molar-refractivity contribution in [3.8, 4) is 6.07 Å². The molecule has 1 amide bonds. The van der Waals surface area contributed by atoms with E-state index in [0.717, 1.165) is 57.7 Å². The summed E-state index contributed by atoms with van der Waals surface area (Å²) in [4.78, 5) is 21.1. The minimum atomic E-state index is 0.312. The van der Waals surface area contributed by atoms with Gasteiger partial charge in [0.2, 0.25) is 5.91 Å². The largest absolute Gasteiger partial charge is 0.340 e. The van der Waals surface area contributed by atoms with Crippen LogP contribution in [0.15, 0.2) is 36.8 Å². The van der Waals surface area contributed by atoms with Gasteiger partial charge >= 0.3 is 0 Å². The van der Waals surface area contributed by atoms with Gasteiger partial charge in [0.25, 0.3) is 0 Å². The van der Waals surface area contributed by atoms with Crippen molar-refractivity contribution in [1.29, 1.82) is 5.26 Å². The van der Waals surface area contributed by atoms with Gasteiger partial charge in [0.05, 0.1) is 23.7 Å². The normalized spacial score (nSPS) is 14.7. The molecule has 6 heteroatoms. The van der Waals surface area contributed by atoms with Crippen LogP contribution in [-0.4, -0.2) is 51.4 Å². The highest BCUT2D eigenvalue weighted by Crippen LogP contribution is 2.13. The third-order valence-electron chi connectivity index (χ3n) is 5.59. The summed E-state index contributed by atoms with van der Waals surface area (Å²) >= 11 is 0. The zero-order chi connectivity index (χ0) is 20.5. The van der Waals surface area contributed by atoms with E-state index < -0.39 is 0 Å². The summed E-state index contributed by atoms with van der Waals surface area (Å²) in [6.45, 7) is 7.22. The molecule has 0 aliphatic carbocycles. The number of hydrogen-bond donors (Lipinski definition) is 0. The van der Waals surface area contributed by atoms with Gasteiger partial charge in [-0.25, -0.2) is 4.98 Å². The number of benzene rings is 1. The lowest BCUT2D eigenvalue weighted by molar-refractivity contribution is -0.133. The molecule has 3 rings (SSSR count). The molecule has 2 aromatic rings. The molecule has 1 aromatic carbocycles. The van der Waals surface area contributed by atoms with Gasteiger partial charge in [0, 0.05) is 51.9 Å². The van der Waals surface area contributed by atoms with Gasteiger partial charge < -0.3 is 9.47 Å². The molecule has 1 aromatic heterocycles. The van der Waals surface area contributed by atoms with Gasteiger partial charge in [-0.15, -0.1) is 0 Å². The summed E-state index contributed by atoms with van der Waals surface area (Å²) in [5.74, 6) is 0.312. The van der Waals surface area contributed by atoms with Crippen LogP contribution < -0.4 is 0 Å². The Kier molecular flexibility index (Phi) is 7.83. The smallest absolute Gasteiger partial charge is 0.222 e. The number of carbonyl (C=O) groups excluding carboxylic acids is 1. The highest BCUT2D eigenvalue weighted by Gasteiger charge is 2.21. The molecular weight excluding hydrogens is 362 g/mol. The van der Waals surface area contributed by atoms with Gasteiger partial charge in [-0.3, -0.25) is 9.69 Å². The Balaban J connectivity index is 1.47. The molecule has 1 saturated heterocycles. The van der Waals surface area contributed by atoms with Gasteiger partial charge in [0.15, 0.2) is 0 Å². The summed E-state index contributed by atoms with van der Waals surface area (Å²) in [6.07, 6.45) is 9.08. The molecule has 29 heavy (non-hydrogen) atoms. The number of unbranched alkanes of at least 4 members (excludes halogenated alkanes) is 3. The van der Waals surface area contributed by atoms with Crippen LogP contribution in [0.4, 0.5) is 0 Å². The fraction of sp³-hybridized carbons (Fsp3) is 0.522. The highest BCUT2D eigenvalue weighted by atomic mass is 16.2. The van der Waals surface area contributed by atoms with Crippen molar-refractivity contribution in [3.05, 3.63) is 53.6 Å². The standard InChI is InChI=1S/C23H31N5O/c1-2-3-4-5-6-23(29)27-13-11-26(12-14-27)18-22-16-25-19-28(22)17-21-9-7-20(15-24)8-10-21/h7-10,16,19H,2-6,11-14,17-18H2,1H3. The van der Waals surface area contributed by atoms with Crippen LogP contribution in [0.5, 0.6) is 0 Å². The van der Waals surface area contributed by atoms with Gasteiger partial charge in [0.1, 0.15) is 0 Å². The van der Waals surface area contributed by atoms with E-state index in [1.165, 1.54) is 18.5 Å². The van der Waals surface area contributed by atoms with Crippen molar-refractivity contribution in [1.82, 2.24) is 19.4 Å². The minimum absolute atomic E-state index is 0.312. The van der Waals surface area contributed by atoms with Gasteiger partial charge in [-0.05, 0) is 24.1 Å². The topological polar surface area (TPSA) is 65.2 Å². The number of aromatic nitrogens is 2. The van der Waals surface area contributed by atoms with Crippen molar-refractivity contribution in [2.75, 3.05) is 26.2 Å². The number of nitrogens with zero attached hydrogens (tertiary/aromatic N) is 5. The Labute approximate surface area is 173 Å². The number of rotatable bonds is 9. The molecule has 1 fully saturated rings. The minimum Gasteiger partial charge on any atom is -0.340 e. The zero-order valence-corrected chi connectivity index (χ0v) is 17.4. The van der Waals surface area contributed by atoms with E-state index in [9.17, 15) is 4.79 Å². The van der Waals surface area contributed by atoms with Crippen molar-refractivity contribution >= 4 is 5.91 Å². The first-order chi connectivity index (χ1) is 14.2. The SMILES string of the molecule is CCCCCCC(=O)N1CCN(Cc2cncn2Cc2ccc(C#N)cc2)CC1. The molecule has 0 radical (unpaired) electrons. The molecule has 6 nitrogen and oxygen atoms in total. The molecule has 0 N–H and O–H groups in total. The molecule has 0 spiro atoms. The van der Waals surface area contributed by atoms with E-state index in [4.69, 9.17) is 5.26 Å². The maximum atomic E-state index is 12.4. The Hall–Kier alpha value is -2.65. The second-order valence-electron chi connectivity index (χ2n) is 7.79. The van der Waals surface area contributed by atoms with Crippen LogP contribution in [-0.2, 0) is 17.9 Å². The summed E-state index contributed by atoms with van der Waals surface area (Å²) in [5, 5.41) is 8.93.